The van der Waals surface area contributed by atoms with Crippen LogP contribution in [0.2, 0.25) is 0 Å². The molecule has 0 atom stereocenters. The van der Waals surface area contributed by atoms with Crippen molar-refractivity contribution in [2.24, 2.45) is 0 Å². The van der Waals surface area contributed by atoms with Gasteiger partial charge in [-0.25, -0.2) is 0 Å². The van der Waals surface area contributed by atoms with Crippen LogP contribution in [0.15, 0.2) is 64.1 Å². The van der Waals surface area contributed by atoms with Gasteiger partial charge in [-0.2, -0.15) is 0 Å². The summed E-state index contributed by atoms with van der Waals surface area (Å²) in [5.41, 5.74) is 5.84. The molecule has 0 N–H and O–H groups in total. The van der Waals surface area contributed by atoms with Gasteiger partial charge < -0.3 is 0 Å². The van der Waals surface area contributed by atoms with E-state index in [9.17, 15) is 0 Å². The molecule has 2 nitrogen and oxygen atoms in total. The number of hydrogen-bond donors (Lipinski definition) is 0. The first-order valence-corrected chi connectivity index (χ1v) is 9.18. The maximum atomic E-state index is 4.39. The molecule has 23 heavy (non-hydrogen) atoms. The third-order valence-corrected chi connectivity index (χ3v) is 5.12. The van der Waals surface area contributed by atoms with Gasteiger partial charge in [0.05, 0.1) is 5.69 Å². The molecule has 0 unspecified atom stereocenters. The lowest BCUT2D eigenvalue weighted by Crippen LogP contribution is -1.92. The topological polar surface area (TPSA) is 25.8 Å². The largest absolute Gasteiger partial charge is 0.149 e. The van der Waals surface area contributed by atoms with Crippen molar-refractivity contribution in [3.8, 4) is 11.3 Å². The smallest absolute Gasteiger partial charge is 0.119 e. The van der Waals surface area contributed by atoms with E-state index >= 15 is 0 Å². The molecule has 0 amide bonds. The maximum Gasteiger partial charge on any atom is 0.119 e. The van der Waals surface area contributed by atoms with Crippen molar-refractivity contribution in [2.75, 3.05) is 0 Å². The average molecular weight is 385 g/mol. The second-order valence-corrected chi connectivity index (χ2v) is 7.40. The van der Waals surface area contributed by atoms with Gasteiger partial charge in [0.15, 0.2) is 0 Å². The van der Waals surface area contributed by atoms with Crippen LogP contribution in [0, 0.1) is 13.8 Å². The number of halogens is 1. The first-order valence-electron chi connectivity index (χ1n) is 7.40. The Balaban J connectivity index is 1.70. The highest BCUT2D eigenvalue weighted by molar-refractivity contribution is 9.10. The Labute approximate surface area is 149 Å². The summed E-state index contributed by atoms with van der Waals surface area (Å²) in [6.45, 7) is 4.21. The predicted molar refractivity (Wildman–Crippen MR) is 101 cm³/mol. The van der Waals surface area contributed by atoms with Crippen molar-refractivity contribution in [1.29, 1.82) is 0 Å². The number of rotatable bonds is 4. The van der Waals surface area contributed by atoms with Gasteiger partial charge in [-0.15, -0.1) is 10.2 Å². The fraction of sp³-hybridized carbons (Fsp3) is 0.158. The molecule has 0 bridgehead atoms. The Morgan fingerprint density at radius 1 is 0.913 bits per heavy atom. The first kappa shape index (κ1) is 16.2. The summed E-state index contributed by atoms with van der Waals surface area (Å²) < 4.78 is 1.10. The third kappa shape index (κ3) is 4.21. The molecule has 0 saturated carbocycles. The first-order chi connectivity index (χ1) is 11.1. The van der Waals surface area contributed by atoms with Crippen molar-refractivity contribution in [1.82, 2.24) is 10.2 Å². The van der Waals surface area contributed by atoms with E-state index in [1.165, 1.54) is 16.7 Å². The SMILES string of the molecule is Cc1ccc(-c2ccc(SCc3ccc(Br)cc3)nn2)c(C)c1. The van der Waals surface area contributed by atoms with Gasteiger partial charge in [-0.05, 0) is 49.2 Å². The van der Waals surface area contributed by atoms with Gasteiger partial charge in [0.25, 0.3) is 0 Å². The van der Waals surface area contributed by atoms with E-state index in [0.717, 1.165) is 26.5 Å². The molecule has 4 heteroatoms. The average Bonchev–Trinajstić information content (AvgIpc) is 2.55. The molecule has 0 aliphatic carbocycles. The van der Waals surface area contributed by atoms with E-state index in [-0.39, 0.29) is 0 Å². The monoisotopic (exact) mass is 384 g/mol. The van der Waals surface area contributed by atoms with Crippen molar-refractivity contribution in [2.45, 2.75) is 24.6 Å². The maximum absolute atomic E-state index is 4.39. The summed E-state index contributed by atoms with van der Waals surface area (Å²) in [5, 5.41) is 9.69. The summed E-state index contributed by atoms with van der Waals surface area (Å²) in [7, 11) is 0. The Bertz CT molecular complexity index is 799. The Morgan fingerprint density at radius 2 is 1.70 bits per heavy atom. The number of hydrogen-bond acceptors (Lipinski definition) is 3. The summed E-state index contributed by atoms with van der Waals surface area (Å²) in [5.74, 6) is 0.894. The van der Waals surface area contributed by atoms with Crippen LogP contribution in [-0.2, 0) is 5.75 Å². The summed E-state index contributed by atoms with van der Waals surface area (Å²) >= 11 is 5.15. The Hall–Kier alpha value is -1.65. The van der Waals surface area contributed by atoms with Crippen LogP contribution in [0.3, 0.4) is 0 Å². The van der Waals surface area contributed by atoms with E-state index < -0.39 is 0 Å². The van der Waals surface area contributed by atoms with E-state index in [4.69, 9.17) is 0 Å². The lowest BCUT2D eigenvalue weighted by molar-refractivity contribution is 0.934. The van der Waals surface area contributed by atoms with Crippen molar-refractivity contribution in [3.63, 3.8) is 0 Å². The van der Waals surface area contributed by atoms with Crippen LogP contribution in [0.5, 0.6) is 0 Å². The van der Waals surface area contributed by atoms with Crippen molar-refractivity contribution < 1.29 is 0 Å². The van der Waals surface area contributed by atoms with Crippen molar-refractivity contribution >= 4 is 27.7 Å². The van der Waals surface area contributed by atoms with Crippen LogP contribution in [0.25, 0.3) is 11.3 Å². The Kier molecular flexibility index (Phi) is 5.13. The zero-order chi connectivity index (χ0) is 16.2. The standard InChI is InChI=1S/C19H17BrN2S/c1-13-3-8-17(14(2)11-13)18-9-10-19(22-21-18)23-12-15-4-6-16(20)7-5-15/h3-11H,12H2,1-2H3. The summed E-state index contributed by atoms with van der Waals surface area (Å²) in [6.07, 6.45) is 0. The minimum atomic E-state index is 0.894. The quantitative estimate of drug-likeness (QED) is 0.530. The number of aryl methyl sites for hydroxylation is 2. The molecule has 116 valence electrons. The number of benzene rings is 2. The molecule has 0 radical (unpaired) electrons. The van der Waals surface area contributed by atoms with E-state index in [2.05, 4.69) is 88.5 Å². The highest BCUT2D eigenvalue weighted by Crippen LogP contribution is 2.25. The Morgan fingerprint density at radius 3 is 2.35 bits per heavy atom. The molecule has 3 aromatic rings. The van der Waals surface area contributed by atoms with Crippen LogP contribution < -0.4 is 0 Å². The van der Waals surface area contributed by atoms with E-state index in [1.807, 2.05) is 6.07 Å². The number of nitrogens with zero attached hydrogens (tertiary/aromatic N) is 2. The molecule has 2 aromatic carbocycles. The third-order valence-electron chi connectivity index (χ3n) is 3.60. The zero-order valence-electron chi connectivity index (χ0n) is 13.1. The van der Waals surface area contributed by atoms with E-state index in [1.54, 1.807) is 11.8 Å². The lowest BCUT2D eigenvalue weighted by Gasteiger charge is -2.06. The second kappa shape index (κ2) is 7.28. The van der Waals surface area contributed by atoms with Gasteiger partial charge in [0, 0.05) is 15.8 Å². The van der Waals surface area contributed by atoms with Crippen LogP contribution in [-0.4, -0.2) is 10.2 Å². The molecule has 0 fully saturated rings. The number of aromatic nitrogens is 2. The normalized spacial score (nSPS) is 10.7. The fourth-order valence-corrected chi connectivity index (χ4v) is 3.41. The van der Waals surface area contributed by atoms with Crippen LogP contribution in [0.1, 0.15) is 16.7 Å². The minimum Gasteiger partial charge on any atom is -0.149 e. The lowest BCUT2D eigenvalue weighted by atomic mass is 10.0. The predicted octanol–water partition coefficient (Wildman–Crippen LogP) is 5.82. The van der Waals surface area contributed by atoms with Gasteiger partial charge in [-0.1, -0.05) is 63.6 Å². The minimum absolute atomic E-state index is 0.894. The molecule has 1 aromatic heterocycles. The molecule has 0 spiro atoms. The van der Waals surface area contributed by atoms with Crippen LogP contribution >= 0.6 is 27.7 Å². The number of thioether (sulfide) groups is 1. The molecule has 0 saturated heterocycles. The highest BCUT2D eigenvalue weighted by Gasteiger charge is 2.05. The summed E-state index contributed by atoms with van der Waals surface area (Å²) in [6, 6.07) is 18.9. The molecule has 0 aliphatic rings. The van der Waals surface area contributed by atoms with Gasteiger partial charge in [-0.3, -0.25) is 0 Å². The van der Waals surface area contributed by atoms with Gasteiger partial charge in [0.2, 0.25) is 0 Å². The fourth-order valence-electron chi connectivity index (χ4n) is 2.38. The van der Waals surface area contributed by atoms with Crippen LogP contribution in [0.4, 0.5) is 0 Å². The molecule has 0 aliphatic heterocycles. The molecule has 1 heterocycles. The van der Waals surface area contributed by atoms with Gasteiger partial charge in [0.1, 0.15) is 5.03 Å². The van der Waals surface area contributed by atoms with Gasteiger partial charge >= 0.3 is 0 Å². The highest BCUT2D eigenvalue weighted by atomic mass is 79.9. The second-order valence-electron chi connectivity index (χ2n) is 5.49. The zero-order valence-corrected chi connectivity index (χ0v) is 15.5. The molecule has 3 rings (SSSR count). The molecular formula is C19H17BrN2S. The van der Waals surface area contributed by atoms with Crippen molar-refractivity contribution in [3.05, 3.63) is 75.8 Å². The molecular weight excluding hydrogens is 368 g/mol. The van der Waals surface area contributed by atoms with E-state index in [0.29, 0.717) is 0 Å². The summed E-state index contributed by atoms with van der Waals surface area (Å²) in [4.78, 5) is 0.